The summed E-state index contributed by atoms with van der Waals surface area (Å²) in [5.41, 5.74) is 1.76. The van der Waals surface area contributed by atoms with Gasteiger partial charge in [0.15, 0.2) is 0 Å². The van der Waals surface area contributed by atoms with Crippen LogP contribution in [0.3, 0.4) is 0 Å². The second kappa shape index (κ2) is 11.0. The maximum absolute atomic E-state index is 12.6. The smallest absolute Gasteiger partial charge is 0.330 e. The normalized spacial score (nSPS) is 22.2. The van der Waals surface area contributed by atoms with Gasteiger partial charge in [-0.3, -0.25) is 4.79 Å². The van der Waals surface area contributed by atoms with Crippen LogP contribution in [0.5, 0.6) is 5.75 Å². The van der Waals surface area contributed by atoms with Gasteiger partial charge in [-0.15, -0.1) is 0 Å². The van der Waals surface area contributed by atoms with Crippen LogP contribution in [0.4, 0.5) is 0 Å². The van der Waals surface area contributed by atoms with Crippen molar-refractivity contribution in [2.45, 2.75) is 44.9 Å². The average Bonchev–Trinajstić information content (AvgIpc) is 2.80. The Hall–Kier alpha value is -2.82. The third-order valence-electron chi connectivity index (χ3n) is 6.16. The number of allylic oxidation sites excluding steroid dienone is 4. The van der Waals surface area contributed by atoms with E-state index in [1.165, 1.54) is 20.3 Å². The number of rotatable bonds is 9. The van der Waals surface area contributed by atoms with Gasteiger partial charge >= 0.3 is 11.9 Å². The second-order valence-corrected chi connectivity index (χ2v) is 7.90. The predicted octanol–water partition coefficient (Wildman–Crippen LogP) is 5.12. The molecule has 2 rings (SSSR count). The van der Waals surface area contributed by atoms with Crippen LogP contribution in [0.15, 0.2) is 54.7 Å². The van der Waals surface area contributed by atoms with E-state index in [1.54, 1.807) is 7.11 Å². The largest absolute Gasteiger partial charge is 0.497 e. The quantitative estimate of drug-likeness (QED) is 0.312. The molecule has 1 aromatic carbocycles. The molecule has 0 aromatic heterocycles. The molecule has 0 spiro atoms. The van der Waals surface area contributed by atoms with Gasteiger partial charge in [0.05, 0.1) is 27.2 Å². The Morgan fingerprint density at radius 3 is 2.45 bits per heavy atom. The monoisotopic (exact) mass is 426 g/mol. The minimum Gasteiger partial charge on any atom is -0.497 e. The lowest BCUT2D eigenvalue weighted by molar-refractivity contribution is -0.144. The zero-order chi connectivity index (χ0) is 23.0. The molecule has 0 heterocycles. The van der Waals surface area contributed by atoms with Crippen molar-refractivity contribution < 1.29 is 23.8 Å². The van der Waals surface area contributed by atoms with E-state index in [-0.39, 0.29) is 29.2 Å². The first-order valence-electron chi connectivity index (χ1n) is 10.7. The molecule has 1 aliphatic carbocycles. The fourth-order valence-corrected chi connectivity index (χ4v) is 4.34. The summed E-state index contributed by atoms with van der Waals surface area (Å²) < 4.78 is 15.4. The molecule has 0 fully saturated rings. The first kappa shape index (κ1) is 24.4. The zero-order valence-electron chi connectivity index (χ0n) is 19.4. The van der Waals surface area contributed by atoms with Gasteiger partial charge < -0.3 is 14.2 Å². The third kappa shape index (κ3) is 5.27. The van der Waals surface area contributed by atoms with E-state index in [4.69, 9.17) is 14.2 Å². The Kier molecular flexibility index (Phi) is 8.66. The van der Waals surface area contributed by atoms with Gasteiger partial charge in [0.1, 0.15) is 5.75 Å². The van der Waals surface area contributed by atoms with Crippen LogP contribution in [0.2, 0.25) is 0 Å². The topological polar surface area (TPSA) is 61.8 Å². The van der Waals surface area contributed by atoms with Crippen LogP contribution in [0.25, 0.3) is 0 Å². The molecule has 5 heteroatoms. The predicted molar refractivity (Wildman–Crippen MR) is 122 cm³/mol. The molecule has 31 heavy (non-hydrogen) atoms. The number of carbonyl (C=O) groups is 2. The fraction of sp³-hybridized carbons (Fsp3) is 0.462. The van der Waals surface area contributed by atoms with E-state index in [1.807, 2.05) is 43.4 Å². The Morgan fingerprint density at radius 2 is 1.87 bits per heavy atom. The highest BCUT2D eigenvalue weighted by Gasteiger charge is 2.40. The Morgan fingerprint density at radius 1 is 1.13 bits per heavy atom. The molecule has 168 valence electrons. The van der Waals surface area contributed by atoms with Crippen molar-refractivity contribution in [2.24, 2.45) is 11.8 Å². The van der Waals surface area contributed by atoms with Gasteiger partial charge in [-0.25, -0.2) is 4.79 Å². The summed E-state index contributed by atoms with van der Waals surface area (Å²) in [7, 11) is 4.44. The van der Waals surface area contributed by atoms with E-state index in [0.29, 0.717) is 0 Å². The summed E-state index contributed by atoms with van der Waals surface area (Å²) in [5, 5.41) is 0. The van der Waals surface area contributed by atoms with Crippen LogP contribution >= 0.6 is 0 Å². The van der Waals surface area contributed by atoms with Crippen molar-refractivity contribution in [1.29, 1.82) is 0 Å². The molecule has 1 aliphatic rings. The first-order chi connectivity index (χ1) is 14.9. The van der Waals surface area contributed by atoms with Gasteiger partial charge in [0.2, 0.25) is 0 Å². The van der Waals surface area contributed by atoms with Gasteiger partial charge in [-0.2, -0.15) is 0 Å². The number of esters is 2. The van der Waals surface area contributed by atoms with E-state index < -0.39 is 5.92 Å². The van der Waals surface area contributed by atoms with Crippen LogP contribution in [-0.2, 0) is 24.5 Å². The maximum Gasteiger partial charge on any atom is 0.330 e. The lowest BCUT2D eigenvalue weighted by atomic mass is 9.63. The second-order valence-electron chi connectivity index (χ2n) is 7.90. The zero-order valence-corrected chi connectivity index (χ0v) is 19.4. The molecular weight excluding hydrogens is 392 g/mol. The number of methoxy groups -OCH3 is 3. The van der Waals surface area contributed by atoms with E-state index in [9.17, 15) is 9.59 Å². The molecule has 5 nitrogen and oxygen atoms in total. The summed E-state index contributed by atoms with van der Waals surface area (Å²) in [4.78, 5) is 24.3. The van der Waals surface area contributed by atoms with Crippen molar-refractivity contribution in [1.82, 2.24) is 0 Å². The van der Waals surface area contributed by atoms with Gasteiger partial charge in [0, 0.05) is 17.4 Å². The lowest BCUT2D eigenvalue weighted by Crippen LogP contribution is -2.35. The first-order valence-corrected chi connectivity index (χ1v) is 10.7. The third-order valence-corrected chi connectivity index (χ3v) is 6.16. The summed E-state index contributed by atoms with van der Waals surface area (Å²) in [6.07, 6.45) is 13.3. The molecule has 0 aliphatic heterocycles. The van der Waals surface area contributed by atoms with Gasteiger partial charge in [-0.1, -0.05) is 57.2 Å². The Bertz CT molecular complexity index is 867. The van der Waals surface area contributed by atoms with Crippen LogP contribution in [-0.4, -0.2) is 33.3 Å². The molecule has 0 unspecified atom stereocenters. The highest BCUT2D eigenvalue weighted by Crippen LogP contribution is 2.47. The summed E-state index contributed by atoms with van der Waals surface area (Å²) in [6.45, 7) is 6.29. The van der Waals surface area contributed by atoms with Crippen LogP contribution < -0.4 is 4.74 Å². The van der Waals surface area contributed by atoms with E-state index in [2.05, 4.69) is 26.0 Å². The Labute approximate surface area is 185 Å². The number of fused-ring (bicyclic) bond motifs is 1. The van der Waals surface area contributed by atoms with Gasteiger partial charge in [-0.05, 0) is 42.0 Å². The standard InChI is InChI=1S/C26H34O5/c1-7-9-10-22(25(28)31-6)20-15-16-26(3,18(8-2)11-14-24(27)30-5)23-17-19(29-4)12-13-21(20)23/h9-18,20,22H,7-8H2,1-6H3/b10-9+,14-11-/t18-,20-,22+,26+/m1/s1. The lowest BCUT2D eigenvalue weighted by Gasteiger charge is -2.41. The van der Waals surface area contributed by atoms with E-state index in [0.717, 1.165) is 29.7 Å². The minimum absolute atomic E-state index is 0.0532. The molecule has 0 saturated carbocycles. The van der Waals surface area contributed by atoms with Crippen molar-refractivity contribution in [3.8, 4) is 5.75 Å². The molecule has 0 amide bonds. The minimum atomic E-state index is -0.413. The highest BCUT2D eigenvalue weighted by molar-refractivity contribution is 5.81. The summed E-state index contributed by atoms with van der Waals surface area (Å²) in [5.74, 6) is -0.389. The maximum atomic E-state index is 12.6. The number of ether oxygens (including phenoxy) is 3. The molecule has 0 saturated heterocycles. The fourth-order valence-electron chi connectivity index (χ4n) is 4.34. The van der Waals surface area contributed by atoms with Crippen molar-refractivity contribution in [3.63, 3.8) is 0 Å². The number of hydrogen-bond donors (Lipinski definition) is 0. The van der Waals surface area contributed by atoms with Crippen molar-refractivity contribution in [3.05, 3.63) is 65.8 Å². The average molecular weight is 427 g/mol. The van der Waals surface area contributed by atoms with Crippen LogP contribution in [0.1, 0.15) is 50.7 Å². The molecule has 1 aromatic rings. The van der Waals surface area contributed by atoms with Crippen molar-refractivity contribution in [2.75, 3.05) is 21.3 Å². The molecular formula is C26H34O5. The summed E-state index contributed by atoms with van der Waals surface area (Å²) >= 11 is 0. The molecule has 0 bridgehead atoms. The molecule has 0 N–H and O–H groups in total. The number of benzene rings is 1. The van der Waals surface area contributed by atoms with Crippen molar-refractivity contribution >= 4 is 11.9 Å². The number of hydrogen-bond acceptors (Lipinski definition) is 5. The Balaban J connectivity index is 2.63. The molecule has 4 atom stereocenters. The highest BCUT2D eigenvalue weighted by atomic mass is 16.5. The van der Waals surface area contributed by atoms with Gasteiger partial charge in [0.25, 0.3) is 0 Å². The van der Waals surface area contributed by atoms with E-state index >= 15 is 0 Å². The number of carbonyl (C=O) groups excluding carboxylic acids is 2. The van der Waals surface area contributed by atoms with Crippen LogP contribution in [0, 0.1) is 11.8 Å². The summed E-state index contributed by atoms with van der Waals surface area (Å²) in [6, 6.07) is 6.00. The SMILES string of the molecule is CC/C=C/[C@H](C(=O)OC)[C@@H]1C=C[C@@](C)([C@@H](/C=C\C(=O)OC)CC)c2cc(OC)ccc21. The molecule has 0 radical (unpaired) electrons.